The highest BCUT2D eigenvalue weighted by Crippen LogP contribution is 2.29. The van der Waals surface area contributed by atoms with Crippen LogP contribution in [0.15, 0.2) is 40.9 Å². The van der Waals surface area contributed by atoms with Crippen molar-refractivity contribution >= 4 is 26.7 Å². The van der Waals surface area contributed by atoms with E-state index in [4.69, 9.17) is 0 Å². The Balaban J connectivity index is 2.52. The zero-order valence-corrected chi connectivity index (χ0v) is 9.17. The molecule has 0 N–H and O–H groups in total. The average Bonchev–Trinajstić information content (AvgIpc) is 2.16. The lowest BCUT2D eigenvalue weighted by molar-refractivity contribution is -0.0497. The van der Waals surface area contributed by atoms with E-state index in [1.807, 2.05) is 24.3 Å². The predicted octanol–water partition coefficient (Wildman–Crippen LogP) is 4.20. The van der Waals surface area contributed by atoms with Crippen molar-refractivity contribution in [2.75, 3.05) is 0 Å². The molecule has 0 amide bonds. The van der Waals surface area contributed by atoms with E-state index in [9.17, 15) is 8.78 Å². The fourth-order valence-electron chi connectivity index (χ4n) is 1.41. The molecule has 2 aromatic rings. The summed E-state index contributed by atoms with van der Waals surface area (Å²) in [5.74, 6) is 0.163. The Kier molecular flexibility index (Phi) is 2.86. The van der Waals surface area contributed by atoms with Gasteiger partial charge in [0.25, 0.3) is 0 Å². The van der Waals surface area contributed by atoms with Crippen LogP contribution in [-0.4, -0.2) is 6.61 Å². The maximum Gasteiger partial charge on any atom is 0.387 e. The first-order valence-electron chi connectivity index (χ1n) is 4.30. The molecular weight excluding hydrogens is 266 g/mol. The van der Waals surface area contributed by atoms with Crippen LogP contribution >= 0.6 is 15.9 Å². The molecule has 78 valence electrons. The molecular formula is C11H7BrF2O. The van der Waals surface area contributed by atoms with Crippen molar-refractivity contribution in [2.45, 2.75) is 6.61 Å². The van der Waals surface area contributed by atoms with Crippen LogP contribution in [0, 0.1) is 0 Å². The molecule has 4 heteroatoms. The monoisotopic (exact) mass is 272 g/mol. The van der Waals surface area contributed by atoms with Crippen molar-refractivity contribution in [3.8, 4) is 5.75 Å². The molecule has 1 nitrogen and oxygen atoms in total. The third-order valence-electron chi connectivity index (χ3n) is 2.01. The summed E-state index contributed by atoms with van der Waals surface area (Å²) >= 11 is 3.31. The van der Waals surface area contributed by atoms with Gasteiger partial charge in [-0.05, 0) is 22.9 Å². The Labute approximate surface area is 93.8 Å². The van der Waals surface area contributed by atoms with E-state index in [1.54, 1.807) is 6.07 Å². The summed E-state index contributed by atoms with van der Waals surface area (Å²) in [5, 5.41) is 1.83. The van der Waals surface area contributed by atoms with Crippen LogP contribution in [-0.2, 0) is 0 Å². The zero-order valence-electron chi connectivity index (χ0n) is 7.58. The topological polar surface area (TPSA) is 9.23 Å². The molecule has 0 bridgehead atoms. The van der Waals surface area contributed by atoms with Crippen LogP contribution in [0.5, 0.6) is 5.75 Å². The van der Waals surface area contributed by atoms with Crippen LogP contribution in [0.3, 0.4) is 0 Å². The summed E-state index contributed by atoms with van der Waals surface area (Å²) in [5.41, 5.74) is 0. The lowest BCUT2D eigenvalue weighted by Gasteiger charge is -2.07. The van der Waals surface area contributed by atoms with Crippen molar-refractivity contribution in [2.24, 2.45) is 0 Å². The molecule has 0 spiro atoms. The first-order chi connectivity index (χ1) is 7.16. The van der Waals surface area contributed by atoms with Crippen LogP contribution < -0.4 is 4.74 Å². The number of fused-ring (bicyclic) bond motifs is 1. The predicted molar refractivity (Wildman–Crippen MR) is 58.3 cm³/mol. The first-order valence-corrected chi connectivity index (χ1v) is 5.09. The minimum atomic E-state index is -2.79. The summed E-state index contributed by atoms with van der Waals surface area (Å²) in [6.07, 6.45) is 0. The Bertz CT molecular complexity index is 485. The quantitative estimate of drug-likeness (QED) is 0.796. The standard InChI is InChI=1S/C11H7BrF2O/c12-10-6-8(15-11(13)14)5-7-3-1-2-4-9(7)10/h1-6,11H. The van der Waals surface area contributed by atoms with E-state index in [0.717, 1.165) is 15.2 Å². The lowest BCUT2D eigenvalue weighted by atomic mass is 10.1. The van der Waals surface area contributed by atoms with Gasteiger partial charge in [-0.3, -0.25) is 0 Å². The smallest absolute Gasteiger partial charge is 0.387 e. The van der Waals surface area contributed by atoms with E-state index in [2.05, 4.69) is 20.7 Å². The van der Waals surface area contributed by atoms with Gasteiger partial charge in [0.05, 0.1) is 0 Å². The molecule has 0 aromatic heterocycles. The molecule has 0 heterocycles. The second-order valence-corrected chi connectivity index (χ2v) is 3.86. The normalized spacial score (nSPS) is 10.9. The second kappa shape index (κ2) is 4.14. The van der Waals surface area contributed by atoms with Crippen LogP contribution in [0.25, 0.3) is 10.8 Å². The number of rotatable bonds is 2. The molecule has 15 heavy (non-hydrogen) atoms. The maximum atomic E-state index is 12.0. The molecule has 0 radical (unpaired) electrons. The van der Waals surface area contributed by atoms with Gasteiger partial charge in [-0.25, -0.2) is 0 Å². The maximum absolute atomic E-state index is 12.0. The highest BCUT2D eigenvalue weighted by atomic mass is 79.9. The third-order valence-corrected chi connectivity index (χ3v) is 2.67. The van der Waals surface area contributed by atoms with Crippen LogP contribution in [0.4, 0.5) is 8.78 Å². The van der Waals surface area contributed by atoms with Gasteiger partial charge in [0.2, 0.25) is 0 Å². The van der Waals surface area contributed by atoms with Crippen molar-refractivity contribution in [1.82, 2.24) is 0 Å². The zero-order chi connectivity index (χ0) is 10.8. The Morgan fingerprint density at radius 3 is 2.60 bits per heavy atom. The summed E-state index contributed by atoms with van der Waals surface area (Å²) in [6.45, 7) is -2.79. The van der Waals surface area contributed by atoms with Gasteiger partial charge in [-0.1, -0.05) is 40.2 Å². The number of hydrogen-bond acceptors (Lipinski definition) is 1. The molecule has 2 rings (SSSR count). The van der Waals surface area contributed by atoms with Crippen molar-refractivity contribution < 1.29 is 13.5 Å². The molecule has 0 aliphatic rings. The second-order valence-electron chi connectivity index (χ2n) is 3.00. The van der Waals surface area contributed by atoms with Gasteiger partial charge >= 0.3 is 6.61 Å². The Morgan fingerprint density at radius 1 is 1.13 bits per heavy atom. The number of halogens is 3. The van der Waals surface area contributed by atoms with Crippen molar-refractivity contribution in [3.63, 3.8) is 0 Å². The van der Waals surface area contributed by atoms with Gasteiger partial charge in [-0.2, -0.15) is 8.78 Å². The van der Waals surface area contributed by atoms with Gasteiger partial charge < -0.3 is 4.74 Å². The molecule has 0 aliphatic carbocycles. The average molecular weight is 273 g/mol. The molecule has 0 saturated carbocycles. The van der Waals surface area contributed by atoms with E-state index in [-0.39, 0.29) is 5.75 Å². The Hall–Kier alpha value is -1.16. The lowest BCUT2D eigenvalue weighted by Crippen LogP contribution is -2.01. The largest absolute Gasteiger partial charge is 0.435 e. The summed E-state index contributed by atoms with van der Waals surface area (Å²) in [4.78, 5) is 0. The minimum absolute atomic E-state index is 0.163. The van der Waals surface area contributed by atoms with E-state index >= 15 is 0 Å². The van der Waals surface area contributed by atoms with Crippen LogP contribution in [0.2, 0.25) is 0 Å². The van der Waals surface area contributed by atoms with Crippen LogP contribution in [0.1, 0.15) is 0 Å². The summed E-state index contributed by atoms with van der Waals surface area (Å²) in [7, 11) is 0. The highest BCUT2D eigenvalue weighted by Gasteiger charge is 2.07. The summed E-state index contributed by atoms with van der Waals surface area (Å²) in [6, 6.07) is 10.6. The SMILES string of the molecule is FC(F)Oc1cc(Br)c2ccccc2c1. The molecule has 0 aliphatic heterocycles. The summed E-state index contributed by atoms with van der Waals surface area (Å²) < 4.78 is 29.1. The fourth-order valence-corrected chi connectivity index (χ4v) is 2.00. The number of ether oxygens (including phenoxy) is 1. The molecule has 0 saturated heterocycles. The number of benzene rings is 2. The van der Waals surface area contributed by atoms with Gasteiger partial charge in [0, 0.05) is 4.47 Å². The third kappa shape index (κ3) is 2.26. The number of hydrogen-bond donors (Lipinski definition) is 0. The van der Waals surface area contributed by atoms with E-state index < -0.39 is 6.61 Å². The van der Waals surface area contributed by atoms with Gasteiger partial charge in [-0.15, -0.1) is 0 Å². The van der Waals surface area contributed by atoms with Crippen molar-refractivity contribution in [3.05, 3.63) is 40.9 Å². The molecule has 0 unspecified atom stereocenters. The Morgan fingerprint density at radius 2 is 1.87 bits per heavy atom. The van der Waals surface area contributed by atoms with E-state index in [0.29, 0.717) is 0 Å². The highest BCUT2D eigenvalue weighted by molar-refractivity contribution is 9.10. The van der Waals surface area contributed by atoms with Gasteiger partial charge in [0.1, 0.15) is 5.75 Å². The minimum Gasteiger partial charge on any atom is -0.435 e. The first kappa shape index (κ1) is 10.4. The number of alkyl halides is 2. The van der Waals surface area contributed by atoms with Crippen molar-refractivity contribution in [1.29, 1.82) is 0 Å². The fraction of sp³-hybridized carbons (Fsp3) is 0.0909. The molecule has 0 fully saturated rings. The molecule has 2 aromatic carbocycles. The van der Waals surface area contributed by atoms with E-state index in [1.165, 1.54) is 6.07 Å². The van der Waals surface area contributed by atoms with Gasteiger partial charge in [0.15, 0.2) is 0 Å². The molecule has 0 atom stereocenters.